The number of nitrogens with zero attached hydrogens (tertiary/aromatic N) is 4. The monoisotopic (exact) mass is 350 g/mol. The van der Waals surface area contributed by atoms with Gasteiger partial charge in [-0.15, -0.1) is 0 Å². The van der Waals surface area contributed by atoms with E-state index < -0.39 is 10.0 Å². The Bertz CT molecular complexity index is 835. The molecule has 3 rings (SSSR count). The first-order chi connectivity index (χ1) is 11.3. The summed E-state index contributed by atoms with van der Waals surface area (Å²) in [5.74, 6) is 0. The highest BCUT2D eigenvalue weighted by molar-refractivity contribution is 7.89. The topological polar surface area (TPSA) is 60.1 Å². The van der Waals surface area contributed by atoms with E-state index in [2.05, 4.69) is 5.10 Å². The third kappa shape index (κ3) is 2.80. The SMILES string of the molecule is Cc1nn(C)c(C)c1S(=O)(=O)N1CCCCCC1c1cccn1C. The van der Waals surface area contributed by atoms with Gasteiger partial charge in [-0.3, -0.25) is 4.68 Å². The van der Waals surface area contributed by atoms with Crippen molar-refractivity contribution in [3.8, 4) is 0 Å². The van der Waals surface area contributed by atoms with Crippen LogP contribution < -0.4 is 0 Å². The summed E-state index contributed by atoms with van der Waals surface area (Å²) in [6.07, 6.45) is 5.85. The molecule has 0 aromatic carbocycles. The first-order valence-electron chi connectivity index (χ1n) is 8.47. The third-order valence-corrected chi connectivity index (χ3v) is 7.20. The lowest BCUT2D eigenvalue weighted by molar-refractivity contribution is 0.318. The molecule has 0 amide bonds. The third-order valence-electron chi connectivity index (χ3n) is 5.04. The average Bonchev–Trinajstić information content (AvgIpc) is 2.93. The maximum absolute atomic E-state index is 13.5. The van der Waals surface area contributed by atoms with Crippen molar-refractivity contribution in [1.29, 1.82) is 0 Å². The Kier molecular flexibility index (Phi) is 4.57. The van der Waals surface area contributed by atoms with Crippen LogP contribution in [-0.4, -0.2) is 33.6 Å². The van der Waals surface area contributed by atoms with Gasteiger partial charge in [0.25, 0.3) is 0 Å². The lowest BCUT2D eigenvalue weighted by Crippen LogP contribution is -2.36. The van der Waals surface area contributed by atoms with Crippen LogP contribution in [0.15, 0.2) is 23.2 Å². The Morgan fingerprint density at radius 3 is 2.50 bits per heavy atom. The van der Waals surface area contributed by atoms with Gasteiger partial charge in [-0.25, -0.2) is 8.42 Å². The van der Waals surface area contributed by atoms with E-state index in [0.717, 1.165) is 31.4 Å². The van der Waals surface area contributed by atoms with Crippen LogP contribution >= 0.6 is 0 Å². The van der Waals surface area contributed by atoms with E-state index in [4.69, 9.17) is 0 Å². The summed E-state index contributed by atoms with van der Waals surface area (Å²) in [6.45, 7) is 4.16. The lowest BCUT2D eigenvalue weighted by Gasteiger charge is -2.29. The number of hydrogen-bond acceptors (Lipinski definition) is 3. The maximum atomic E-state index is 13.5. The molecule has 0 spiro atoms. The van der Waals surface area contributed by atoms with E-state index in [0.29, 0.717) is 22.8 Å². The van der Waals surface area contributed by atoms with E-state index in [-0.39, 0.29) is 6.04 Å². The highest BCUT2D eigenvalue weighted by atomic mass is 32.2. The minimum Gasteiger partial charge on any atom is -0.353 e. The van der Waals surface area contributed by atoms with Crippen molar-refractivity contribution in [3.05, 3.63) is 35.4 Å². The van der Waals surface area contributed by atoms with Crippen molar-refractivity contribution in [1.82, 2.24) is 18.7 Å². The van der Waals surface area contributed by atoms with Gasteiger partial charge in [0.1, 0.15) is 4.90 Å². The fourth-order valence-corrected chi connectivity index (χ4v) is 5.80. The summed E-state index contributed by atoms with van der Waals surface area (Å²) in [6, 6.07) is 3.89. The molecule has 0 saturated carbocycles. The van der Waals surface area contributed by atoms with Crippen molar-refractivity contribution in [3.63, 3.8) is 0 Å². The zero-order valence-electron chi connectivity index (χ0n) is 14.9. The molecule has 1 aliphatic heterocycles. The predicted molar refractivity (Wildman–Crippen MR) is 93.2 cm³/mol. The largest absolute Gasteiger partial charge is 0.353 e. The molecule has 0 N–H and O–H groups in total. The minimum absolute atomic E-state index is 0.114. The molecule has 1 aliphatic rings. The summed E-state index contributed by atoms with van der Waals surface area (Å²) < 4.78 is 32.3. The molecule has 24 heavy (non-hydrogen) atoms. The Hall–Kier alpha value is -1.60. The predicted octanol–water partition coefficient (Wildman–Crippen LogP) is 2.68. The molecule has 0 radical (unpaired) electrons. The summed E-state index contributed by atoms with van der Waals surface area (Å²) in [7, 11) is 0.187. The molecule has 0 aliphatic carbocycles. The molecule has 1 unspecified atom stereocenters. The molecule has 3 heterocycles. The number of rotatable bonds is 3. The quantitative estimate of drug-likeness (QED) is 0.855. The first kappa shape index (κ1) is 17.2. The highest BCUT2D eigenvalue weighted by Crippen LogP contribution is 2.36. The van der Waals surface area contributed by atoms with Crippen molar-refractivity contribution in [2.45, 2.75) is 50.5 Å². The van der Waals surface area contributed by atoms with Gasteiger partial charge in [0.15, 0.2) is 0 Å². The molecule has 2 aromatic rings. The second-order valence-electron chi connectivity index (χ2n) is 6.65. The second-order valence-corrected chi connectivity index (χ2v) is 8.48. The van der Waals surface area contributed by atoms with Gasteiger partial charge in [0.05, 0.1) is 17.4 Å². The van der Waals surface area contributed by atoms with E-state index in [1.165, 1.54) is 0 Å². The van der Waals surface area contributed by atoms with Gasteiger partial charge < -0.3 is 4.57 Å². The molecular weight excluding hydrogens is 324 g/mol. The van der Waals surface area contributed by atoms with Gasteiger partial charge in [-0.05, 0) is 38.8 Å². The van der Waals surface area contributed by atoms with Crippen LogP contribution in [0, 0.1) is 13.8 Å². The van der Waals surface area contributed by atoms with E-state index >= 15 is 0 Å². The van der Waals surface area contributed by atoms with Gasteiger partial charge >= 0.3 is 0 Å². The number of hydrogen-bond donors (Lipinski definition) is 0. The summed E-state index contributed by atoms with van der Waals surface area (Å²) in [5.41, 5.74) is 2.33. The second kappa shape index (κ2) is 6.37. The van der Waals surface area contributed by atoms with Gasteiger partial charge in [0.2, 0.25) is 10.0 Å². The normalized spacial score (nSPS) is 20.2. The molecule has 1 saturated heterocycles. The number of aromatic nitrogens is 3. The highest BCUT2D eigenvalue weighted by Gasteiger charge is 2.37. The standard InChI is InChI=1S/C17H26N4O2S/c1-13-17(14(2)20(4)18-13)24(22,23)21-12-7-5-6-9-16(21)15-10-8-11-19(15)3/h8,10-11,16H,5-7,9,12H2,1-4H3. The zero-order valence-corrected chi connectivity index (χ0v) is 15.7. The summed E-state index contributed by atoms with van der Waals surface area (Å²) in [4.78, 5) is 0.367. The Morgan fingerprint density at radius 2 is 1.92 bits per heavy atom. The Balaban J connectivity index is 2.10. The van der Waals surface area contributed by atoms with Gasteiger partial charge in [-0.1, -0.05) is 12.8 Å². The van der Waals surface area contributed by atoms with Crippen LogP contribution in [-0.2, 0) is 24.1 Å². The van der Waals surface area contributed by atoms with Gasteiger partial charge in [-0.2, -0.15) is 9.40 Å². The molecule has 2 aromatic heterocycles. The van der Waals surface area contributed by atoms with E-state index in [9.17, 15) is 8.42 Å². The first-order valence-corrected chi connectivity index (χ1v) is 9.91. The van der Waals surface area contributed by atoms with Crippen LogP contribution in [0.25, 0.3) is 0 Å². The molecule has 7 heteroatoms. The summed E-state index contributed by atoms with van der Waals surface area (Å²) in [5, 5.41) is 4.31. The maximum Gasteiger partial charge on any atom is 0.247 e. The van der Waals surface area contributed by atoms with Crippen LogP contribution in [0.4, 0.5) is 0 Å². The smallest absolute Gasteiger partial charge is 0.247 e. The molecule has 132 valence electrons. The molecular formula is C17H26N4O2S. The summed E-state index contributed by atoms with van der Waals surface area (Å²) >= 11 is 0. The van der Waals surface area contributed by atoms with Gasteiger partial charge in [0, 0.05) is 32.5 Å². The molecule has 1 fully saturated rings. The average molecular weight is 350 g/mol. The fourth-order valence-electron chi connectivity index (χ4n) is 3.73. The van der Waals surface area contributed by atoms with E-state index in [1.807, 2.05) is 36.9 Å². The van der Waals surface area contributed by atoms with Crippen LogP contribution in [0.5, 0.6) is 0 Å². The van der Waals surface area contributed by atoms with Crippen LogP contribution in [0.1, 0.15) is 48.8 Å². The van der Waals surface area contributed by atoms with Crippen molar-refractivity contribution in [2.24, 2.45) is 14.1 Å². The van der Waals surface area contributed by atoms with Crippen LogP contribution in [0.2, 0.25) is 0 Å². The Morgan fingerprint density at radius 1 is 1.17 bits per heavy atom. The molecule has 0 bridgehead atoms. The van der Waals surface area contributed by atoms with Crippen molar-refractivity contribution < 1.29 is 8.42 Å². The van der Waals surface area contributed by atoms with Crippen molar-refractivity contribution in [2.75, 3.05) is 6.54 Å². The Labute approximate surface area is 144 Å². The molecule has 6 nitrogen and oxygen atoms in total. The minimum atomic E-state index is -3.58. The van der Waals surface area contributed by atoms with E-state index in [1.54, 1.807) is 23.0 Å². The molecule has 1 atom stereocenters. The van der Waals surface area contributed by atoms with Crippen molar-refractivity contribution >= 4 is 10.0 Å². The van der Waals surface area contributed by atoms with Crippen LogP contribution in [0.3, 0.4) is 0 Å². The number of sulfonamides is 1. The zero-order chi connectivity index (χ0) is 17.5. The fraction of sp³-hybridized carbons (Fsp3) is 0.588. The number of aryl methyl sites for hydroxylation is 3. The lowest BCUT2D eigenvalue weighted by atomic mass is 10.1.